The van der Waals surface area contributed by atoms with E-state index in [1.54, 1.807) is 0 Å². The van der Waals surface area contributed by atoms with Gasteiger partial charge in [0, 0.05) is 25.6 Å². The van der Waals surface area contributed by atoms with Crippen molar-refractivity contribution in [2.45, 2.75) is 18.9 Å². The van der Waals surface area contributed by atoms with Crippen molar-refractivity contribution in [3.05, 3.63) is 95.6 Å². The van der Waals surface area contributed by atoms with E-state index in [0.717, 1.165) is 5.56 Å². The monoisotopic (exact) mass is 870 g/mol. The van der Waals surface area contributed by atoms with Crippen LogP contribution in [0.15, 0.2) is 78.9 Å². The van der Waals surface area contributed by atoms with Crippen LogP contribution in [0.25, 0.3) is 11.1 Å². The van der Waals surface area contributed by atoms with Crippen molar-refractivity contribution in [2.24, 2.45) is 0 Å². The predicted molar refractivity (Wildman–Crippen MR) is 231 cm³/mol. The number of carbonyl (C=O) groups is 2. The SMILES string of the molecule is O=C(NCCOCCOCCOCCOCCOCCOCCOCCOCCOCCOCCCNC(=O)OCC1c2ccccc2-c2ccccc21)OCc1ccccc1. The van der Waals surface area contributed by atoms with Crippen LogP contribution in [0.2, 0.25) is 0 Å². The van der Waals surface area contributed by atoms with Gasteiger partial charge in [0.1, 0.15) is 13.2 Å². The Morgan fingerprint density at radius 1 is 0.387 bits per heavy atom. The summed E-state index contributed by atoms with van der Waals surface area (Å²) < 4.78 is 65.8. The number of nitrogens with one attached hydrogen (secondary N) is 2. The third-order valence-corrected chi connectivity index (χ3v) is 9.16. The van der Waals surface area contributed by atoms with E-state index in [4.69, 9.17) is 56.8 Å². The number of benzene rings is 3. The highest BCUT2D eigenvalue weighted by atomic mass is 16.6. The Kier molecular flexibility index (Phi) is 27.9. The third kappa shape index (κ3) is 22.8. The van der Waals surface area contributed by atoms with E-state index in [2.05, 4.69) is 34.9 Å². The minimum atomic E-state index is -0.473. The fourth-order valence-electron chi connectivity index (χ4n) is 6.09. The second-order valence-electron chi connectivity index (χ2n) is 13.7. The maximum atomic E-state index is 12.3. The van der Waals surface area contributed by atoms with Crippen molar-refractivity contribution < 1.29 is 66.4 Å². The topological polar surface area (TPSA) is 169 Å². The molecule has 0 saturated carbocycles. The lowest BCUT2D eigenvalue weighted by Crippen LogP contribution is -2.28. The zero-order chi connectivity index (χ0) is 43.4. The molecule has 0 atom stereocenters. The molecule has 0 aliphatic heterocycles. The maximum absolute atomic E-state index is 12.3. The average Bonchev–Trinajstić information content (AvgIpc) is 3.62. The fraction of sp³-hybridized carbons (Fsp3) is 0.565. The molecule has 3 aromatic carbocycles. The van der Waals surface area contributed by atoms with Crippen LogP contribution in [0, 0.1) is 0 Å². The summed E-state index contributed by atoms with van der Waals surface area (Å²) in [6.07, 6.45) is -0.214. The first-order valence-electron chi connectivity index (χ1n) is 21.5. The molecular formula is C46H66N2O14. The summed E-state index contributed by atoms with van der Waals surface area (Å²) in [5, 5.41) is 5.45. The number of carbonyl (C=O) groups excluding carboxylic acids is 2. The van der Waals surface area contributed by atoms with Crippen molar-refractivity contribution in [2.75, 3.05) is 152 Å². The van der Waals surface area contributed by atoms with Gasteiger partial charge in [0.15, 0.2) is 0 Å². The lowest BCUT2D eigenvalue weighted by molar-refractivity contribution is -0.0263. The van der Waals surface area contributed by atoms with Gasteiger partial charge in [-0.25, -0.2) is 9.59 Å². The first-order valence-corrected chi connectivity index (χ1v) is 21.5. The van der Waals surface area contributed by atoms with E-state index >= 15 is 0 Å². The Hall–Kier alpha value is -4.20. The number of hydrogen-bond donors (Lipinski definition) is 2. The van der Waals surface area contributed by atoms with Gasteiger partial charge in [-0.3, -0.25) is 0 Å². The number of fused-ring (bicyclic) bond motifs is 3. The molecule has 0 heterocycles. The molecule has 4 rings (SSSR count). The van der Waals surface area contributed by atoms with Crippen molar-refractivity contribution in [1.82, 2.24) is 10.6 Å². The predicted octanol–water partition coefficient (Wildman–Crippen LogP) is 5.01. The standard InChI is InChI=1S/C46H66N2O14/c49-45(62-38-44-42-13-6-4-11-40(42)41-12-5-7-14-43(41)44)47-15-8-17-51-19-21-53-23-25-55-27-29-57-31-33-59-35-36-60-34-32-58-30-28-56-26-24-54-22-20-52-18-16-48-46(50)61-37-39-9-2-1-3-10-39/h1-7,9-14,44H,8,15-38H2,(H,47,49)(H,48,50). The summed E-state index contributed by atoms with van der Waals surface area (Å²) in [7, 11) is 0. The Morgan fingerprint density at radius 3 is 1.19 bits per heavy atom. The largest absolute Gasteiger partial charge is 0.449 e. The van der Waals surface area contributed by atoms with Gasteiger partial charge in [0.2, 0.25) is 0 Å². The summed E-state index contributed by atoms with van der Waals surface area (Å²) in [4.78, 5) is 24.0. The van der Waals surface area contributed by atoms with E-state index in [0.29, 0.717) is 158 Å². The van der Waals surface area contributed by atoms with Crippen LogP contribution in [0.3, 0.4) is 0 Å². The van der Waals surface area contributed by atoms with Crippen LogP contribution in [-0.4, -0.2) is 164 Å². The van der Waals surface area contributed by atoms with E-state index < -0.39 is 12.2 Å². The molecule has 0 saturated heterocycles. The van der Waals surface area contributed by atoms with Crippen LogP contribution >= 0.6 is 0 Å². The lowest BCUT2D eigenvalue weighted by Gasteiger charge is -2.14. The summed E-state index contributed by atoms with van der Waals surface area (Å²) in [6, 6.07) is 26.1. The van der Waals surface area contributed by atoms with Gasteiger partial charge in [0.05, 0.1) is 126 Å². The van der Waals surface area contributed by atoms with Crippen molar-refractivity contribution in [1.29, 1.82) is 0 Å². The molecule has 2 amide bonds. The Bertz CT molecular complexity index is 1540. The van der Waals surface area contributed by atoms with Crippen molar-refractivity contribution in [3.63, 3.8) is 0 Å². The first-order chi connectivity index (χ1) is 30.7. The molecular weight excluding hydrogens is 805 g/mol. The highest BCUT2D eigenvalue weighted by molar-refractivity contribution is 5.79. The smallest absolute Gasteiger partial charge is 0.407 e. The zero-order valence-corrected chi connectivity index (χ0v) is 36.0. The molecule has 0 bridgehead atoms. The molecule has 0 aromatic heterocycles. The Morgan fingerprint density at radius 2 is 0.742 bits per heavy atom. The fourth-order valence-corrected chi connectivity index (χ4v) is 6.09. The van der Waals surface area contributed by atoms with Crippen molar-refractivity contribution in [3.8, 4) is 11.1 Å². The molecule has 3 aromatic rings. The lowest BCUT2D eigenvalue weighted by atomic mass is 9.98. The van der Waals surface area contributed by atoms with Crippen LogP contribution < -0.4 is 10.6 Å². The highest BCUT2D eigenvalue weighted by Crippen LogP contribution is 2.44. The molecule has 2 N–H and O–H groups in total. The number of rotatable bonds is 38. The molecule has 0 fully saturated rings. The molecule has 344 valence electrons. The summed E-state index contributed by atoms with van der Waals surface area (Å²) in [6.45, 7) is 10.7. The second-order valence-corrected chi connectivity index (χ2v) is 13.7. The van der Waals surface area contributed by atoms with Gasteiger partial charge in [-0.1, -0.05) is 78.9 Å². The Balaban J connectivity index is 0.765. The summed E-state index contributed by atoms with van der Waals surface area (Å²) >= 11 is 0. The highest BCUT2D eigenvalue weighted by Gasteiger charge is 2.29. The van der Waals surface area contributed by atoms with E-state index in [9.17, 15) is 9.59 Å². The van der Waals surface area contributed by atoms with Gasteiger partial charge in [-0.05, 0) is 34.2 Å². The number of hydrogen-bond acceptors (Lipinski definition) is 14. The zero-order valence-electron chi connectivity index (χ0n) is 36.0. The minimum Gasteiger partial charge on any atom is -0.449 e. The number of alkyl carbamates (subject to hydrolysis) is 2. The molecule has 62 heavy (non-hydrogen) atoms. The van der Waals surface area contributed by atoms with Crippen LogP contribution in [0.1, 0.15) is 29.0 Å². The third-order valence-electron chi connectivity index (χ3n) is 9.16. The van der Waals surface area contributed by atoms with Gasteiger partial charge in [-0.2, -0.15) is 0 Å². The molecule has 0 spiro atoms. The molecule has 1 aliphatic carbocycles. The van der Waals surface area contributed by atoms with Gasteiger partial charge >= 0.3 is 12.2 Å². The minimum absolute atomic E-state index is 0.0444. The number of ether oxygens (including phenoxy) is 12. The maximum Gasteiger partial charge on any atom is 0.407 e. The van der Waals surface area contributed by atoms with Gasteiger partial charge < -0.3 is 67.5 Å². The molecule has 0 unspecified atom stereocenters. The normalized spacial score (nSPS) is 11.9. The number of amides is 2. The molecule has 16 heteroatoms. The quantitative estimate of drug-likeness (QED) is 0.0738. The Labute approximate surface area is 366 Å². The van der Waals surface area contributed by atoms with E-state index in [1.165, 1.54) is 22.3 Å². The van der Waals surface area contributed by atoms with Crippen LogP contribution in [0.5, 0.6) is 0 Å². The van der Waals surface area contributed by atoms with Crippen LogP contribution in [-0.2, 0) is 63.4 Å². The van der Waals surface area contributed by atoms with Crippen molar-refractivity contribution >= 4 is 12.2 Å². The molecule has 1 aliphatic rings. The van der Waals surface area contributed by atoms with Crippen LogP contribution in [0.4, 0.5) is 9.59 Å². The average molecular weight is 871 g/mol. The molecule has 0 radical (unpaired) electrons. The van der Waals surface area contributed by atoms with Gasteiger partial charge in [-0.15, -0.1) is 0 Å². The summed E-state index contributed by atoms with van der Waals surface area (Å²) in [5.41, 5.74) is 5.73. The first kappa shape index (κ1) is 50.4. The van der Waals surface area contributed by atoms with Gasteiger partial charge in [0.25, 0.3) is 0 Å². The second kappa shape index (κ2) is 34.3. The summed E-state index contributed by atoms with van der Waals surface area (Å²) in [5.74, 6) is 0.0444. The van der Waals surface area contributed by atoms with E-state index in [1.807, 2.05) is 54.6 Å². The van der Waals surface area contributed by atoms with E-state index in [-0.39, 0.29) is 12.5 Å². The molecule has 16 nitrogen and oxygen atoms in total.